The lowest BCUT2D eigenvalue weighted by atomic mass is 10.1. The van der Waals surface area contributed by atoms with E-state index in [1.165, 1.54) is 12.8 Å². The number of amides is 1. The number of nitrogens with zero attached hydrogens (tertiary/aromatic N) is 1. The molecule has 0 saturated carbocycles. The van der Waals surface area contributed by atoms with Crippen LogP contribution in [0.25, 0.3) is 0 Å². The summed E-state index contributed by atoms with van der Waals surface area (Å²) in [5, 5.41) is 6.53. The van der Waals surface area contributed by atoms with Crippen molar-refractivity contribution >= 4 is 5.91 Å². The Bertz CT molecular complexity index is 226. The van der Waals surface area contributed by atoms with E-state index in [2.05, 4.69) is 17.6 Å². The molecule has 2 saturated heterocycles. The summed E-state index contributed by atoms with van der Waals surface area (Å²) in [6.07, 6.45) is 2.38. The Morgan fingerprint density at radius 1 is 1.47 bits per heavy atom. The van der Waals surface area contributed by atoms with Crippen LogP contribution in [0.1, 0.15) is 19.8 Å². The highest BCUT2D eigenvalue weighted by atomic mass is 16.2. The van der Waals surface area contributed by atoms with Crippen LogP contribution in [0.4, 0.5) is 0 Å². The van der Waals surface area contributed by atoms with E-state index < -0.39 is 0 Å². The highest BCUT2D eigenvalue weighted by molar-refractivity contribution is 5.82. The molecule has 0 radical (unpaired) electrons. The molecule has 2 aliphatic heterocycles. The minimum absolute atomic E-state index is 0.00866. The van der Waals surface area contributed by atoms with E-state index in [1.807, 2.05) is 4.90 Å². The highest BCUT2D eigenvalue weighted by Gasteiger charge is 2.30. The molecule has 2 atom stereocenters. The molecule has 0 bridgehead atoms. The zero-order chi connectivity index (χ0) is 10.7. The molecule has 0 aromatic rings. The third kappa shape index (κ3) is 2.49. The van der Waals surface area contributed by atoms with Crippen molar-refractivity contribution in [3.63, 3.8) is 0 Å². The molecule has 0 aromatic carbocycles. The number of carbonyl (C=O) groups is 1. The summed E-state index contributed by atoms with van der Waals surface area (Å²) in [6.45, 7) is 6.79. The van der Waals surface area contributed by atoms with Gasteiger partial charge in [-0.3, -0.25) is 4.79 Å². The number of nitrogens with one attached hydrogen (secondary N) is 2. The van der Waals surface area contributed by atoms with Crippen molar-refractivity contribution in [3.05, 3.63) is 0 Å². The molecule has 2 aliphatic rings. The maximum Gasteiger partial charge on any atom is 0.241 e. The van der Waals surface area contributed by atoms with Crippen molar-refractivity contribution in [1.82, 2.24) is 15.5 Å². The number of piperazine rings is 1. The normalized spacial score (nSPS) is 31.9. The summed E-state index contributed by atoms with van der Waals surface area (Å²) in [6, 6.07) is 0.00866. The van der Waals surface area contributed by atoms with Crippen LogP contribution < -0.4 is 10.6 Å². The molecule has 4 nitrogen and oxygen atoms in total. The summed E-state index contributed by atoms with van der Waals surface area (Å²) < 4.78 is 0. The largest absolute Gasteiger partial charge is 0.341 e. The lowest BCUT2D eigenvalue weighted by molar-refractivity contribution is -0.132. The maximum absolute atomic E-state index is 12.1. The summed E-state index contributed by atoms with van der Waals surface area (Å²) in [5.74, 6) is 1.02. The lowest BCUT2D eigenvalue weighted by Crippen LogP contribution is -2.56. The van der Waals surface area contributed by atoms with E-state index in [4.69, 9.17) is 0 Å². The smallest absolute Gasteiger partial charge is 0.241 e. The Labute approximate surface area is 91.4 Å². The van der Waals surface area contributed by atoms with Crippen LogP contribution in [0.2, 0.25) is 0 Å². The predicted molar refractivity (Wildman–Crippen MR) is 59.6 cm³/mol. The first kappa shape index (κ1) is 10.9. The van der Waals surface area contributed by atoms with Crippen LogP contribution in [0, 0.1) is 5.92 Å². The Morgan fingerprint density at radius 3 is 2.93 bits per heavy atom. The SMILES string of the molecule is CCC1CCN(C(=O)C2CNCCN2)C1. The van der Waals surface area contributed by atoms with Gasteiger partial charge in [0.1, 0.15) is 0 Å². The molecular weight excluding hydrogens is 190 g/mol. The minimum atomic E-state index is 0.00866. The molecule has 2 fully saturated rings. The van der Waals surface area contributed by atoms with Crippen LogP contribution in [0.5, 0.6) is 0 Å². The fourth-order valence-electron chi connectivity index (χ4n) is 2.41. The average molecular weight is 211 g/mol. The number of likely N-dealkylation sites (tertiary alicyclic amines) is 1. The van der Waals surface area contributed by atoms with E-state index in [-0.39, 0.29) is 11.9 Å². The van der Waals surface area contributed by atoms with Gasteiger partial charge >= 0.3 is 0 Å². The van der Waals surface area contributed by atoms with E-state index in [0.29, 0.717) is 0 Å². The average Bonchev–Trinajstić information content (AvgIpc) is 2.78. The van der Waals surface area contributed by atoms with Gasteiger partial charge in [-0.05, 0) is 12.3 Å². The Balaban J connectivity index is 1.85. The quantitative estimate of drug-likeness (QED) is 0.665. The molecule has 1 amide bonds. The molecular formula is C11H21N3O. The van der Waals surface area contributed by atoms with Crippen LogP contribution in [-0.2, 0) is 4.79 Å². The van der Waals surface area contributed by atoms with Gasteiger partial charge in [0.2, 0.25) is 5.91 Å². The van der Waals surface area contributed by atoms with Gasteiger partial charge in [0.05, 0.1) is 6.04 Å². The van der Waals surface area contributed by atoms with Gasteiger partial charge in [0, 0.05) is 32.7 Å². The van der Waals surface area contributed by atoms with Crippen molar-refractivity contribution in [2.45, 2.75) is 25.8 Å². The van der Waals surface area contributed by atoms with Gasteiger partial charge in [-0.1, -0.05) is 13.3 Å². The van der Waals surface area contributed by atoms with Gasteiger partial charge in [0.25, 0.3) is 0 Å². The topological polar surface area (TPSA) is 44.4 Å². The maximum atomic E-state index is 12.1. The fourth-order valence-corrected chi connectivity index (χ4v) is 2.41. The third-order valence-electron chi connectivity index (χ3n) is 3.51. The van der Waals surface area contributed by atoms with Crippen molar-refractivity contribution in [2.75, 3.05) is 32.7 Å². The fraction of sp³-hybridized carbons (Fsp3) is 0.909. The Morgan fingerprint density at radius 2 is 2.33 bits per heavy atom. The first-order chi connectivity index (χ1) is 7.31. The van der Waals surface area contributed by atoms with Crippen LogP contribution in [0.3, 0.4) is 0 Å². The van der Waals surface area contributed by atoms with Crippen LogP contribution in [0.15, 0.2) is 0 Å². The van der Waals surface area contributed by atoms with Crippen LogP contribution >= 0.6 is 0 Å². The molecule has 2 N–H and O–H groups in total. The van der Waals surface area contributed by atoms with Crippen molar-refractivity contribution < 1.29 is 4.79 Å². The van der Waals surface area contributed by atoms with E-state index in [0.717, 1.165) is 38.6 Å². The summed E-state index contributed by atoms with van der Waals surface area (Å²) in [7, 11) is 0. The number of rotatable bonds is 2. The minimum Gasteiger partial charge on any atom is -0.341 e. The molecule has 2 rings (SSSR count). The molecule has 0 spiro atoms. The first-order valence-electron chi connectivity index (χ1n) is 6.04. The molecule has 2 unspecified atom stereocenters. The second kappa shape index (κ2) is 4.94. The first-order valence-corrected chi connectivity index (χ1v) is 6.04. The molecule has 4 heteroatoms. The van der Waals surface area contributed by atoms with Gasteiger partial charge in [-0.15, -0.1) is 0 Å². The van der Waals surface area contributed by atoms with Gasteiger partial charge in [-0.25, -0.2) is 0 Å². The van der Waals surface area contributed by atoms with E-state index >= 15 is 0 Å². The summed E-state index contributed by atoms with van der Waals surface area (Å²) in [5.41, 5.74) is 0. The monoisotopic (exact) mass is 211 g/mol. The second-order valence-corrected chi connectivity index (χ2v) is 4.56. The van der Waals surface area contributed by atoms with Crippen molar-refractivity contribution in [1.29, 1.82) is 0 Å². The summed E-state index contributed by atoms with van der Waals surface area (Å²) in [4.78, 5) is 14.1. The Kier molecular flexibility index (Phi) is 3.59. The van der Waals surface area contributed by atoms with Crippen molar-refractivity contribution in [3.8, 4) is 0 Å². The van der Waals surface area contributed by atoms with Gasteiger partial charge in [-0.2, -0.15) is 0 Å². The highest BCUT2D eigenvalue weighted by Crippen LogP contribution is 2.19. The molecule has 86 valence electrons. The van der Waals surface area contributed by atoms with Gasteiger partial charge in [0.15, 0.2) is 0 Å². The number of carbonyl (C=O) groups excluding carboxylic acids is 1. The van der Waals surface area contributed by atoms with Gasteiger partial charge < -0.3 is 15.5 Å². The standard InChI is InChI=1S/C11H21N3O/c1-2-9-3-6-14(8-9)11(15)10-7-12-4-5-13-10/h9-10,12-13H,2-8H2,1H3. The number of hydrogen-bond donors (Lipinski definition) is 2. The molecule has 0 aromatic heterocycles. The Hall–Kier alpha value is -0.610. The summed E-state index contributed by atoms with van der Waals surface area (Å²) >= 11 is 0. The lowest BCUT2D eigenvalue weighted by Gasteiger charge is -2.27. The molecule has 0 aliphatic carbocycles. The third-order valence-corrected chi connectivity index (χ3v) is 3.51. The van der Waals surface area contributed by atoms with E-state index in [9.17, 15) is 4.79 Å². The zero-order valence-electron chi connectivity index (χ0n) is 9.46. The second-order valence-electron chi connectivity index (χ2n) is 4.56. The zero-order valence-corrected chi connectivity index (χ0v) is 9.46. The van der Waals surface area contributed by atoms with E-state index in [1.54, 1.807) is 0 Å². The molecule has 2 heterocycles. The molecule has 15 heavy (non-hydrogen) atoms. The number of hydrogen-bond acceptors (Lipinski definition) is 3. The van der Waals surface area contributed by atoms with Crippen LogP contribution in [-0.4, -0.2) is 49.6 Å². The predicted octanol–water partition coefficient (Wildman–Crippen LogP) is -0.194. The van der Waals surface area contributed by atoms with Crippen molar-refractivity contribution in [2.24, 2.45) is 5.92 Å².